The maximum atomic E-state index is 12.4. The number of benzene rings is 2. The van der Waals surface area contributed by atoms with Crippen molar-refractivity contribution in [3.8, 4) is 16.3 Å². The first-order chi connectivity index (χ1) is 12.0. The fraction of sp³-hybridized carbons (Fsp3) is 0.111. The van der Waals surface area contributed by atoms with E-state index in [-0.39, 0.29) is 5.91 Å². The molecule has 128 valence electrons. The molecule has 7 heteroatoms. The van der Waals surface area contributed by atoms with Crippen LogP contribution in [0, 0.1) is 0 Å². The van der Waals surface area contributed by atoms with Gasteiger partial charge in [-0.05, 0) is 37.3 Å². The minimum Gasteiger partial charge on any atom is -0.479 e. The van der Waals surface area contributed by atoms with Crippen LogP contribution >= 0.6 is 34.5 Å². The Bertz CT molecular complexity index is 885. The highest BCUT2D eigenvalue weighted by atomic mass is 35.5. The molecule has 1 heterocycles. The maximum absolute atomic E-state index is 12.4. The third kappa shape index (κ3) is 4.51. The minimum absolute atomic E-state index is 0.276. The molecule has 0 aliphatic heterocycles. The van der Waals surface area contributed by atoms with E-state index in [1.807, 2.05) is 29.6 Å². The van der Waals surface area contributed by atoms with Crippen LogP contribution in [0.2, 0.25) is 10.0 Å². The van der Waals surface area contributed by atoms with Crippen molar-refractivity contribution in [3.05, 3.63) is 64.1 Å². The molecule has 1 unspecified atom stereocenters. The monoisotopic (exact) mass is 392 g/mol. The third-order valence-corrected chi connectivity index (χ3v) is 4.73. The average Bonchev–Trinajstić information content (AvgIpc) is 3.12. The van der Waals surface area contributed by atoms with Crippen molar-refractivity contribution in [1.82, 2.24) is 4.98 Å². The van der Waals surface area contributed by atoms with E-state index in [2.05, 4.69) is 10.3 Å². The Kier molecular flexibility index (Phi) is 5.58. The second-order valence-electron chi connectivity index (χ2n) is 5.24. The molecule has 0 fully saturated rings. The van der Waals surface area contributed by atoms with Gasteiger partial charge in [-0.25, -0.2) is 4.98 Å². The van der Waals surface area contributed by atoms with Crippen molar-refractivity contribution >= 4 is 46.1 Å². The first kappa shape index (κ1) is 17.7. The summed E-state index contributed by atoms with van der Waals surface area (Å²) < 4.78 is 5.62. The number of anilines is 1. The Morgan fingerprint density at radius 2 is 2.08 bits per heavy atom. The minimum atomic E-state index is -0.720. The van der Waals surface area contributed by atoms with Crippen molar-refractivity contribution in [2.45, 2.75) is 13.0 Å². The number of amides is 1. The molecule has 1 amide bonds. The first-order valence-corrected chi connectivity index (χ1v) is 9.09. The third-order valence-electron chi connectivity index (χ3n) is 3.38. The molecule has 2 aromatic carbocycles. The second kappa shape index (κ2) is 7.87. The van der Waals surface area contributed by atoms with Crippen molar-refractivity contribution in [2.75, 3.05) is 5.32 Å². The fourth-order valence-electron chi connectivity index (χ4n) is 2.15. The molecule has 0 saturated carbocycles. The molecule has 3 rings (SSSR count). The number of thiazole rings is 1. The second-order valence-corrected chi connectivity index (χ2v) is 6.98. The zero-order valence-electron chi connectivity index (χ0n) is 13.2. The predicted molar refractivity (Wildman–Crippen MR) is 103 cm³/mol. The first-order valence-electron chi connectivity index (χ1n) is 7.45. The van der Waals surface area contributed by atoms with Gasteiger partial charge in [0.05, 0.1) is 5.02 Å². The summed E-state index contributed by atoms with van der Waals surface area (Å²) in [6.45, 7) is 1.66. The standard InChI is InChI=1S/C18H14Cl2N2O2S/c1-11(24-16-6-5-13(19)10-15(16)20)17(23)22-14-4-2-3-12(9-14)18-21-7-8-25-18/h2-11H,1H3,(H,22,23). The molecule has 0 saturated heterocycles. The Morgan fingerprint density at radius 1 is 1.24 bits per heavy atom. The van der Waals surface area contributed by atoms with Gasteiger partial charge in [-0.15, -0.1) is 11.3 Å². The lowest BCUT2D eigenvalue weighted by Crippen LogP contribution is -2.30. The van der Waals surface area contributed by atoms with Gasteiger partial charge in [0.15, 0.2) is 6.10 Å². The summed E-state index contributed by atoms with van der Waals surface area (Å²) in [5, 5.41) is 6.51. The van der Waals surface area contributed by atoms with Crippen molar-refractivity contribution in [1.29, 1.82) is 0 Å². The lowest BCUT2D eigenvalue weighted by Gasteiger charge is -2.16. The quantitative estimate of drug-likeness (QED) is 0.621. The Morgan fingerprint density at radius 3 is 2.80 bits per heavy atom. The van der Waals surface area contributed by atoms with Gasteiger partial charge in [-0.3, -0.25) is 4.79 Å². The Hall–Kier alpha value is -2.08. The predicted octanol–water partition coefficient (Wildman–Crippen LogP) is 5.52. The molecule has 0 aliphatic rings. The molecule has 3 aromatic rings. The normalized spacial score (nSPS) is 11.8. The zero-order valence-corrected chi connectivity index (χ0v) is 15.5. The number of carbonyl (C=O) groups is 1. The van der Waals surface area contributed by atoms with Crippen LogP contribution in [0.1, 0.15) is 6.92 Å². The molecule has 1 N–H and O–H groups in total. The average molecular weight is 393 g/mol. The molecular weight excluding hydrogens is 379 g/mol. The van der Waals surface area contributed by atoms with E-state index in [1.165, 1.54) is 0 Å². The van der Waals surface area contributed by atoms with Gasteiger partial charge in [0.1, 0.15) is 10.8 Å². The summed E-state index contributed by atoms with van der Waals surface area (Å²) in [6, 6.07) is 12.4. The molecule has 0 bridgehead atoms. The van der Waals surface area contributed by atoms with Gasteiger partial charge < -0.3 is 10.1 Å². The van der Waals surface area contributed by atoms with Crippen LogP contribution in [-0.2, 0) is 4.79 Å². The van der Waals surface area contributed by atoms with Gasteiger partial charge in [-0.1, -0.05) is 35.3 Å². The van der Waals surface area contributed by atoms with Crippen molar-refractivity contribution in [2.24, 2.45) is 0 Å². The van der Waals surface area contributed by atoms with Crippen LogP contribution < -0.4 is 10.1 Å². The lowest BCUT2D eigenvalue weighted by molar-refractivity contribution is -0.122. The Balaban J connectivity index is 1.68. The highest BCUT2D eigenvalue weighted by Gasteiger charge is 2.17. The van der Waals surface area contributed by atoms with E-state index < -0.39 is 6.10 Å². The Labute approximate surface area is 159 Å². The number of ether oxygens (including phenoxy) is 1. The van der Waals surface area contributed by atoms with E-state index in [0.29, 0.717) is 21.5 Å². The van der Waals surface area contributed by atoms with Gasteiger partial charge >= 0.3 is 0 Å². The van der Waals surface area contributed by atoms with Crippen molar-refractivity contribution in [3.63, 3.8) is 0 Å². The molecule has 0 radical (unpaired) electrons. The molecule has 25 heavy (non-hydrogen) atoms. The van der Waals surface area contributed by atoms with Gasteiger partial charge in [0.2, 0.25) is 0 Å². The van der Waals surface area contributed by atoms with E-state index in [9.17, 15) is 4.79 Å². The summed E-state index contributed by atoms with van der Waals surface area (Å²) in [5.41, 5.74) is 1.62. The summed E-state index contributed by atoms with van der Waals surface area (Å²) in [5.74, 6) is 0.132. The van der Waals surface area contributed by atoms with Crippen LogP contribution in [0.4, 0.5) is 5.69 Å². The zero-order chi connectivity index (χ0) is 17.8. The van der Waals surface area contributed by atoms with E-state index >= 15 is 0 Å². The molecule has 1 aromatic heterocycles. The van der Waals surface area contributed by atoms with Crippen LogP contribution in [0.5, 0.6) is 5.75 Å². The number of nitrogens with one attached hydrogen (secondary N) is 1. The van der Waals surface area contributed by atoms with Crippen LogP contribution in [0.25, 0.3) is 10.6 Å². The lowest BCUT2D eigenvalue weighted by atomic mass is 10.2. The SMILES string of the molecule is CC(Oc1ccc(Cl)cc1Cl)C(=O)Nc1cccc(-c2nccs2)c1. The van der Waals surface area contributed by atoms with Gasteiger partial charge in [0.25, 0.3) is 5.91 Å². The molecule has 1 atom stereocenters. The van der Waals surface area contributed by atoms with E-state index in [0.717, 1.165) is 10.6 Å². The van der Waals surface area contributed by atoms with Crippen LogP contribution in [-0.4, -0.2) is 17.0 Å². The number of hydrogen-bond donors (Lipinski definition) is 1. The summed E-state index contributed by atoms with van der Waals surface area (Å²) in [7, 11) is 0. The van der Waals surface area contributed by atoms with Gasteiger partial charge in [0, 0.05) is 27.9 Å². The molecule has 4 nitrogen and oxygen atoms in total. The number of hydrogen-bond acceptors (Lipinski definition) is 4. The topological polar surface area (TPSA) is 51.2 Å². The summed E-state index contributed by atoms with van der Waals surface area (Å²) >= 11 is 13.5. The number of nitrogens with zero attached hydrogens (tertiary/aromatic N) is 1. The van der Waals surface area contributed by atoms with E-state index in [4.69, 9.17) is 27.9 Å². The number of rotatable bonds is 5. The van der Waals surface area contributed by atoms with E-state index in [1.54, 1.807) is 42.7 Å². The van der Waals surface area contributed by atoms with Crippen molar-refractivity contribution < 1.29 is 9.53 Å². The molecular formula is C18H14Cl2N2O2S. The van der Waals surface area contributed by atoms with Gasteiger partial charge in [-0.2, -0.15) is 0 Å². The highest BCUT2D eigenvalue weighted by molar-refractivity contribution is 7.13. The summed E-state index contributed by atoms with van der Waals surface area (Å²) in [6.07, 6.45) is 1.03. The number of aromatic nitrogens is 1. The highest BCUT2D eigenvalue weighted by Crippen LogP contribution is 2.29. The summed E-state index contributed by atoms with van der Waals surface area (Å²) in [4.78, 5) is 16.6. The largest absolute Gasteiger partial charge is 0.479 e. The number of halogens is 2. The molecule has 0 spiro atoms. The van der Waals surface area contributed by atoms with Crippen LogP contribution in [0.3, 0.4) is 0 Å². The maximum Gasteiger partial charge on any atom is 0.265 e. The fourth-order valence-corrected chi connectivity index (χ4v) is 3.24. The smallest absolute Gasteiger partial charge is 0.265 e. The van der Waals surface area contributed by atoms with Crippen LogP contribution in [0.15, 0.2) is 54.0 Å². The molecule has 0 aliphatic carbocycles. The number of carbonyl (C=O) groups excluding carboxylic acids is 1.